The summed E-state index contributed by atoms with van der Waals surface area (Å²) in [6, 6.07) is 9.24. The van der Waals surface area contributed by atoms with Gasteiger partial charge in [0, 0.05) is 6.54 Å². The molecule has 1 atom stereocenters. The van der Waals surface area contributed by atoms with Gasteiger partial charge in [-0.15, -0.1) is 0 Å². The second-order valence-electron chi connectivity index (χ2n) is 2.86. The number of aliphatic hydroxyl groups excluding tert-OH is 1. The van der Waals surface area contributed by atoms with E-state index in [0.29, 0.717) is 0 Å². The Balaban J connectivity index is 2.43. The first-order valence-corrected chi connectivity index (χ1v) is 5.42. The predicted octanol–water partition coefficient (Wildman–Crippen LogP) is 1.23. The van der Waals surface area contributed by atoms with Crippen LogP contribution in [0.2, 0.25) is 0 Å². The largest absolute Gasteiger partial charge is 0.387 e. The van der Waals surface area contributed by atoms with E-state index in [-0.39, 0.29) is 17.8 Å². The van der Waals surface area contributed by atoms with Gasteiger partial charge in [0.25, 0.3) is 0 Å². The Morgan fingerprint density at radius 1 is 1.43 bits per heavy atom. The van der Waals surface area contributed by atoms with Crippen LogP contribution in [-0.2, 0) is 4.79 Å². The Kier molecular flexibility index (Phi) is 4.62. The Labute approximate surface area is 91.3 Å². The van der Waals surface area contributed by atoms with Gasteiger partial charge in [-0.1, -0.05) is 46.3 Å². The van der Waals surface area contributed by atoms with Gasteiger partial charge in [0.15, 0.2) is 0 Å². The Bertz CT molecular complexity index is 289. The first-order valence-electron chi connectivity index (χ1n) is 4.29. The van der Waals surface area contributed by atoms with Gasteiger partial charge in [-0.2, -0.15) is 0 Å². The van der Waals surface area contributed by atoms with Crippen LogP contribution in [0.3, 0.4) is 0 Å². The topological polar surface area (TPSA) is 49.3 Å². The zero-order valence-corrected chi connectivity index (χ0v) is 9.20. The number of amides is 1. The third-order valence-corrected chi connectivity index (χ3v) is 2.31. The van der Waals surface area contributed by atoms with Crippen molar-refractivity contribution < 1.29 is 9.90 Å². The number of aliphatic hydroxyl groups is 1. The summed E-state index contributed by atoms with van der Waals surface area (Å²) in [5.74, 6) is -0.125. The van der Waals surface area contributed by atoms with Gasteiger partial charge < -0.3 is 10.4 Å². The van der Waals surface area contributed by atoms with Crippen LogP contribution >= 0.6 is 15.9 Å². The van der Waals surface area contributed by atoms with E-state index in [1.807, 2.05) is 30.3 Å². The molecule has 1 amide bonds. The second kappa shape index (κ2) is 5.78. The van der Waals surface area contributed by atoms with Crippen LogP contribution in [0.15, 0.2) is 30.3 Å². The van der Waals surface area contributed by atoms with E-state index in [1.54, 1.807) is 0 Å². The standard InChI is InChI=1S/C10H12BrNO2/c11-6-10(14)12-7-9(13)8-4-2-1-3-5-8/h1-5,9,13H,6-7H2,(H,12,14). The molecule has 0 saturated carbocycles. The number of benzene rings is 1. The van der Waals surface area contributed by atoms with Crippen molar-refractivity contribution in [2.45, 2.75) is 6.10 Å². The molecule has 1 unspecified atom stereocenters. The average molecular weight is 258 g/mol. The highest BCUT2D eigenvalue weighted by Crippen LogP contribution is 2.10. The highest BCUT2D eigenvalue weighted by Gasteiger charge is 2.07. The molecule has 2 N–H and O–H groups in total. The summed E-state index contributed by atoms with van der Waals surface area (Å²) in [4.78, 5) is 10.9. The number of carbonyl (C=O) groups excluding carboxylic acids is 1. The van der Waals surface area contributed by atoms with Gasteiger partial charge in [-0.05, 0) is 5.56 Å². The molecule has 3 nitrogen and oxygen atoms in total. The lowest BCUT2D eigenvalue weighted by Crippen LogP contribution is -2.28. The fourth-order valence-electron chi connectivity index (χ4n) is 1.05. The molecule has 0 saturated heterocycles. The molecule has 4 heteroatoms. The quantitative estimate of drug-likeness (QED) is 0.798. The van der Waals surface area contributed by atoms with Crippen molar-refractivity contribution in [3.63, 3.8) is 0 Å². The van der Waals surface area contributed by atoms with Crippen molar-refractivity contribution in [2.24, 2.45) is 0 Å². The Morgan fingerprint density at radius 3 is 2.64 bits per heavy atom. The van der Waals surface area contributed by atoms with Gasteiger partial charge >= 0.3 is 0 Å². The van der Waals surface area contributed by atoms with E-state index < -0.39 is 6.10 Å². The van der Waals surface area contributed by atoms with E-state index >= 15 is 0 Å². The number of rotatable bonds is 4. The molecule has 14 heavy (non-hydrogen) atoms. The van der Waals surface area contributed by atoms with E-state index in [4.69, 9.17) is 0 Å². The third kappa shape index (κ3) is 3.47. The number of hydrogen-bond acceptors (Lipinski definition) is 2. The SMILES string of the molecule is O=C(CBr)NCC(O)c1ccccc1. The summed E-state index contributed by atoms with van der Waals surface area (Å²) in [5, 5.41) is 12.5. The molecular weight excluding hydrogens is 246 g/mol. The van der Waals surface area contributed by atoms with Gasteiger partial charge in [0.1, 0.15) is 0 Å². The lowest BCUT2D eigenvalue weighted by Gasteiger charge is -2.11. The summed E-state index contributed by atoms with van der Waals surface area (Å²) < 4.78 is 0. The van der Waals surface area contributed by atoms with Crippen LogP contribution in [0.4, 0.5) is 0 Å². The van der Waals surface area contributed by atoms with Crippen LogP contribution in [0.25, 0.3) is 0 Å². The molecule has 0 spiro atoms. The molecule has 1 aromatic carbocycles. The minimum atomic E-state index is -0.640. The van der Waals surface area contributed by atoms with Crippen LogP contribution in [0.5, 0.6) is 0 Å². The van der Waals surface area contributed by atoms with Crippen molar-refractivity contribution in [3.05, 3.63) is 35.9 Å². The maximum atomic E-state index is 10.9. The minimum Gasteiger partial charge on any atom is -0.387 e. The zero-order chi connectivity index (χ0) is 10.4. The van der Waals surface area contributed by atoms with Crippen molar-refractivity contribution in [2.75, 3.05) is 11.9 Å². The monoisotopic (exact) mass is 257 g/mol. The molecule has 1 rings (SSSR count). The van der Waals surface area contributed by atoms with Gasteiger partial charge in [0.05, 0.1) is 11.4 Å². The predicted molar refractivity (Wildman–Crippen MR) is 58.2 cm³/mol. The van der Waals surface area contributed by atoms with Crippen molar-refractivity contribution in [1.82, 2.24) is 5.32 Å². The molecule has 1 aromatic rings. The van der Waals surface area contributed by atoms with Crippen LogP contribution in [0.1, 0.15) is 11.7 Å². The molecule has 0 aromatic heterocycles. The van der Waals surface area contributed by atoms with E-state index in [9.17, 15) is 9.90 Å². The molecule has 0 radical (unpaired) electrons. The molecule has 0 aliphatic carbocycles. The van der Waals surface area contributed by atoms with Crippen molar-refractivity contribution in [3.8, 4) is 0 Å². The highest BCUT2D eigenvalue weighted by atomic mass is 79.9. The minimum absolute atomic E-state index is 0.125. The third-order valence-electron chi connectivity index (χ3n) is 1.80. The second-order valence-corrected chi connectivity index (χ2v) is 3.42. The number of hydrogen-bond donors (Lipinski definition) is 2. The smallest absolute Gasteiger partial charge is 0.230 e. The fraction of sp³-hybridized carbons (Fsp3) is 0.300. The Hall–Kier alpha value is -0.870. The lowest BCUT2D eigenvalue weighted by atomic mass is 10.1. The molecular formula is C10H12BrNO2. The van der Waals surface area contributed by atoms with Crippen molar-refractivity contribution >= 4 is 21.8 Å². The summed E-state index contributed by atoms with van der Waals surface area (Å²) in [6.07, 6.45) is -0.640. The number of halogens is 1. The highest BCUT2D eigenvalue weighted by molar-refractivity contribution is 9.09. The number of nitrogens with one attached hydrogen (secondary N) is 1. The maximum absolute atomic E-state index is 10.9. The van der Waals surface area contributed by atoms with E-state index in [1.165, 1.54) is 0 Å². The van der Waals surface area contributed by atoms with Crippen molar-refractivity contribution in [1.29, 1.82) is 0 Å². The normalized spacial score (nSPS) is 12.1. The van der Waals surface area contributed by atoms with Gasteiger partial charge in [0.2, 0.25) is 5.91 Å². The molecule has 76 valence electrons. The van der Waals surface area contributed by atoms with Crippen LogP contribution in [-0.4, -0.2) is 22.9 Å². The molecule has 0 bridgehead atoms. The first-order chi connectivity index (χ1) is 6.74. The lowest BCUT2D eigenvalue weighted by molar-refractivity contribution is -0.118. The maximum Gasteiger partial charge on any atom is 0.230 e. The number of alkyl halides is 1. The molecule has 0 heterocycles. The number of carbonyl (C=O) groups is 1. The van der Waals surface area contributed by atoms with E-state index in [0.717, 1.165) is 5.56 Å². The first kappa shape index (κ1) is 11.2. The molecule has 0 fully saturated rings. The molecule has 0 aliphatic rings. The Morgan fingerprint density at radius 2 is 2.07 bits per heavy atom. The fourth-order valence-corrected chi connectivity index (χ4v) is 1.25. The molecule has 0 aliphatic heterocycles. The summed E-state index contributed by atoms with van der Waals surface area (Å²) >= 11 is 3.03. The summed E-state index contributed by atoms with van der Waals surface area (Å²) in [5.41, 5.74) is 0.808. The summed E-state index contributed by atoms with van der Waals surface area (Å²) in [6.45, 7) is 0.244. The zero-order valence-electron chi connectivity index (χ0n) is 7.61. The van der Waals surface area contributed by atoms with Crippen LogP contribution < -0.4 is 5.32 Å². The van der Waals surface area contributed by atoms with E-state index in [2.05, 4.69) is 21.2 Å². The van der Waals surface area contributed by atoms with Gasteiger partial charge in [-0.25, -0.2) is 0 Å². The average Bonchev–Trinajstić information content (AvgIpc) is 2.26. The summed E-state index contributed by atoms with van der Waals surface area (Å²) in [7, 11) is 0. The van der Waals surface area contributed by atoms with Gasteiger partial charge in [-0.3, -0.25) is 4.79 Å². The van der Waals surface area contributed by atoms with Crippen LogP contribution in [0, 0.1) is 0 Å².